The number of nitrogens with zero attached hydrogens (tertiary/aromatic N) is 2. The highest BCUT2D eigenvalue weighted by Gasteiger charge is 2.14. The average Bonchev–Trinajstić information content (AvgIpc) is 2.70. The Morgan fingerprint density at radius 3 is 2.50 bits per heavy atom. The van der Waals surface area contributed by atoms with Gasteiger partial charge in [-0.3, -0.25) is 4.72 Å². The predicted octanol–water partition coefficient (Wildman–Crippen LogP) is 0.921. The number of hydrogen-bond donors (Lipinski definition) is 2. The molecule has 0 aliphatic carbocycles. The molecule has 0 aliphatic rings. The number of sulfonamides is 1. The summed E-state index contributed by atoms with van der Waals surface area (Å²) >= 11 is 0.972. The molecule has 2 rings (SSSR count). The lowest BCUT2D eigenvalue weighted by molar-refractivity contribution is 0.601. The van der Waals surface area contributed by atoms with Gasteiger partial charge in [0.05, 0.1) is 11.1 Å². The molecule has 0 saturated heterocycles. The van der Waals surface area contributed by atoms with Crippen LogP contribution in [0.15, 0.2) is 35.4 Å². The molecule has 8 heteroatoms. The summed E-state index contributed by atoms with van der Waals surface area (Å²) < 4.78 is 29.5. The fraction of sp³-hybridized carbons (Fsp3) is 0. The standard InChI is InChI=1S/C8H8N4O2S2/c9-6-1-3-7(4-2-6)16(13,14)11-8-5-10-12-15-8/h1-5,11H,9H2. The predicted molar refractivity (Wildman–Crippen MR) is 61.6 cm³/mol. The van der Waals surface area contributed by atoms with E-state index in [1.165, 1.54) is 30.5 Å². The molecule has 0 spiro atoms. The second-order valence-corrected chi connectivity index (χ2v) is 5.42. The van der Waals surface area contributed by atoms with E-state index in [1.807, 2.05) is 0 Å². The van der Waals surface area contributed by atoms with Gasteiger partial charge in [-0.05, 0) is 24.3 Å². The second-order valence-electron chi connectivity index (χ2n) is 2.96. The Morgan fingerprint density at radius 2 is 1.94 bits per heavy atom. The fourth-order valence-corrected chi connectivity index (χ4v) is 2.73. The molecule has 0 fully saturated rings. The summed E-state index contributed by atoms with van der Waals surface area (Å²) in [6.45, 7) is 0. The number of aromatic nitrogens is 2. The van der Waals surface area contributed by atoms with Crippen molar-refractivity contribution < 1.29 is 8.42 Å². The first-order valence-corrected chi connectivity index (χ1v) is 6.49. The number of nitrogens with two attached hydrogens (primary N) is 1. The molecule has 84 valence electrons. The van der Waals surface area contributed by atoms with Crippen LogP contribution in [0.4, 0.5) is 10.7 Å². The molecule has 0 unspecified atom stereocenters. The van der Waals surface area contributed by atoms with Crippen LogP contribution in [0.3, 0.4) is 0 Å². The minimum absolute atomic E-state index is 0.148. The number of benzene rings is 1. The van der Waals surface area contributed by atoms with E-state index in [9.17, 15) is 8.42 Å². The Bertz CT molecular complexity index is 563. The van der Waals surface area contributed by atoms with Gasteiger partial charge in [0, 0.05) is 17.2 Å². The normalized spacial score (nSPS) is 11.2. The number of nitrogen functional groups attached to an aromatic ring is 1. The van der Waals surface area contributed by atoms with E-state index in [4.69, 9.17) is 5.73 Å². The Morgan fingerprint density at radius 1 is 1.25 bits per heavy atom. The lowest BCUT2D eigenvalue weighted by atomic mass is 10.3. The van der Waals surface area contributed by atoms with Gasteiger partial charge in [-0.2, -0.15) is 0 Å². The summed E-state index contributed by atoms with van der Waals surface area (Å²) in [6.07, 6.45) is 1.35. The number of anilines is 2. The third-order valence-corrected chi connectivity index (χ3v) is 3.88. The zero-order valence-electron chi connectivity index (χ0n) is 7.99. The molecule has 6 nitrogen and oxygen atoms in total. The van der Waals surface area contributed by atoms with Crippen molar-refractivity contribution in [1.29, 1.82) is 0 Å². The Labute approximate surface area is 96.3 Å². The minimum Gasteiger partial charge on any atom is -0.399 e. The first-order chi connectivity index (χ1) is 7.58. The first kappa shape index (κ1) is 10.8. The number of hydrogen-bond acceptors (Lipinski definition) is 6. The van der Waals surface area contributed by atoms with Crippen LogP contribution in [0.2, 0.25) is 0 Å². The van der Waals surface area contributed by atoms with Crippen LogP contribution in [0.1, 0.15) is 0 Å². The van der Waals surface area contributed by atoms with Crippen molar-refractivity contribution in [2.24, 2.45) is 0 Å². The van der Waals surface area contributed by atoms with E-state index in [0.717, 1.165) is 11.5 Å². The van der Waals surface area contributed by atoms with Crippen LogP contribution in [-0.4, -0.2) is 18.0 Å². The average molecular weight is 256 g/mol. The summed E-state index contributed by atoms with van der Waals surface area (Å²) in [6, 6.07) is 5.93. The molecular weight excluding hydrogens is 248 g/mol. The summed E-state index contributed by atoms with van der Waals surface area (Å²) in [5, 5.41) is 3.91. The van der Waals surface area contributed by atoms with Gasteiger partial charge < -0.3 is 5.73 Å². The summed E-state index contributed by atoms with van der Waals surface area (Å²) in [4.78, 5) is 0.148. The van der Waals surface area contributed by atoms with Gasteiger partial charge in [-0.15, -0.1) is 5.10 Å². The summed E-state index contributed by atoms with van der Waals surface area (Å²) in [7, 11) is -3.58. The first-order valence-electron chi connectivity index (χ1n) is 4.24. The van der Waals surface area contributed by atoms with Crippen LogP contribution >= 0.6 is 11.5 Å². The van der Waals surface area contributed by atoms with Crippen molar-refractivity contribution in [3.8, 4) is 0 Å². The summed E-state index contributed by atoms with van der Waals surface area (Å²) in [5.74, 6) is 0. The van der Waals surface area contributed by atoms with E-state index >= 15 is 0 Å². The number of rotatable bonds is 3. The molecule has 1 heterocycles. The number of nitrogens with one attached hydrogen (secondary N) is 1. The topological polar surface area (TPSA) is 98.0 Å². The van der Waals surface area contributed by atoms with E-state index in [0.29, 0.717) is 10.7 Å². The van der Waals surface area contributed by atoms with Crippen LogP contribution in [0.5, 0.6) is 0 Å². The van der Waals surface area contributed by atoms with E-state index in [2.05, 4.69) is 14.3 Å². The van der Waals surface area contributed by atoms with Crippen LogP contribution in [-0.2, 0) is 10.0 Å². The van der Waals surface area contributed by atoms with Crippen molar-refractivity contribution in [2.45, 2.75) is 4.90 Å². The molecule has 2 aromatic rings. The Hall–Kier alpha value is -1.67. The van der Waals surface area contributed by atoms with Crippen LogP contribution < -0.4 is 10.5 Å². The minimum atomic E-state index is -3.58. The molecule has 1 aromatic heterocycles. The highest BCUT2D eigenvalue weighted by Crippen LogP contribution is 2.18. The third kappa shape index (κ3) is 2.28. The van der Waals surface area contributed by atoms with Crippen LogP contribution in [0.25, 0.3) is 0 Å². The smallest absolute Gasteiger partial charge is 0.262 e. The van der Waals surface area contributed by atoms with Gasteiger partial charge in [-0.1, -0.05) is 4.49 Å². The van der Waals surface area contributed by atoms with Crippen molar-refractivity contribution in [3.63, 3.8) is 0 Å². The van der Waals surface area contributed by atoms with Crippen molar-refractivity contribution in [1.82, 2.24) is 9.59 Å². The highest BCUT2D eigenvalue weighted by atomic mass is 32.2. The zero-order chi connectivity index (χ0) is 11.6. The molecule has 16 heavy (non-hydrogen) atoms. The molecule has 0 saturated carbocycles. The van der Waals surface area contributed by atoms with E-state index < -0.39 is 10.0 Å². The lowest BCUT2D eigenvalue weighted by Crippen LogP contribution is -2.11. The second kappa shape index (κ2) is 4.06. The quantitative estimate of drug-likeness (QED) is 0.796. The highest BCUT2D eigenvalue weighted by molar-refractivity contribution is 7.93. The van der Waals surface area contributed by atoms with Gasteiger partial charge in [0.25, 0.3) is 10.0 Å². The molecule has 3 N–H and O–H groups in total. The Balaban J connectivity index is 2.29. The van der Waals surface area contributed by atoms with Gasteiger partial charge in [0.15, 0.2) is 0 Å². The molecule has 0 atom stereocenters. The van der Waals surface area contributed by atoms with Crippen molar-refractivity contribution in [2.75, 3.05) is 10.5 Å². The lowest BCUT2D eigenvalue weighted by Gasteiger charge is -2.04. The maximum Gasteiger partial charge on any atom is 0.262 e. The third-order valence-electron chi connectivity index (χ3n) is 1.79. The maximum absolute atomic E-state index is 11.8. The SMILES string of the molecule is Nc1ccc(S(=O)(=O)Nc2cnns2)cc1. The fourth-order valence-electron chi connectivity index (χ4n) is 1.05. The maximum atomic E-state index is 11.8. The van der Waals surface area contributed by atoms with Gasteiger partial charge >= 0.3 is 0 Å². The van der Waals surface area contributed by atoms with E-state index in [-0.39, 0.29) is 4.90 Å². The molecule has 0 aliphatic heterocycles. The zero-order valence-corrected chi connectivity index (χ0v) is 9.62. The van der Waals surface area contributed by atoms with Gasteiger partial charge in [0.1, 0.15) is 5.00 Å². The molecule has 0 bridgehead atoms. The van der Waals surface area contributed by atoms with Gasteiger partial charge in [-0.25, -0.2) is 8.42 Å². The van der Waals surface area contributed by atoms with Crippen molar-refractivity contribution >= 4 is 32.2 Å². The molecular formula is C8H8N4O2S2. The van der Waals surface area contributed by atoms with Crippen LogP contribution in [0, 0.1) is 0 Å². The monoisotopic (exact) mass is 256 g/mol. The summed E-state index contributed by atoms with van der Waals surface area (Å²) in [5.41, 5.74) is 5.99. The molecule has 1 aromatic carbocycles. The molecule has 0 radical (unpaired) electrons. The largest absolute Gasteiger partial charge is 0.399 e. The van der Waals surface area contributed by atoms with E-state index in [1.54, 1.807) is 0 Å². The molecule has 0 amide bonds. The Kier molecular flexibility index (Phi) is 2.75. The van der Waals surface area contributed by atoms with Crippen molar-refractivity contribution in [3.05, 3.63) is 30.5 Å². The van der Waals surface area contributed by atoms with Gasteiger partial charge in [0.2, 0.25) is 0 Å².